The summed E-state index contributed by atoms with van der Waals surface area (Å²) in [5.41, 5.74) is 1.26. The van der Waals surface area contributed by atoms with Crippen molar-refractivity contribution in [1.82, 2.24) is 4.98 Å². The van der Waals surface area contributed by atoms with Crippen molar-refractivity contribution in [1.29, 1.82) is 0 Å². The Morgan fingerprint density at radius 1 is 1.44 bits per heavy atom. The van der Waals surface area contributed by atoms with Crippen molar-refractivity contribution < 1.29 is 5.11 Å². The Labute approximate surface area is 97.9 Å². The number of aryl methyl sites for hydroxylation is 1. The van der Waals surface area contributed by atoms with E-state index in [0.717, 1.165) is 17.8 Å². The lowest BCUT2D eigenvalue weighted by molar-refractivity contribution is 0.132. The topological polar surface area (TPSA) is 45.2 Å². The van der Waals surface area contributed by atoms with Crippen LogP contribution in [0.1, 0.15) is 32.8 Å². The number of hydrogen-bond donors (Lipinski definition) is 2. The van der Waals surface area contributed by atoms with E-state index in [9.17, 15) is 5.11 Å². The predicted molar refractivity (Wildman–Crippen MR) is 67.5 cm³/mol. The zero-order valence-corrected chi connectivity index (χ0v) is 10.6. The van der Waals surface area contributed by atoms with Crippen molar-refractivity contribution in [3.8, 4) is 0 Å². The molecule has 0 aliphatic heterocycles. The van der Waals surface area contributed by atoms with Gasteiger partial charge in [-0.25, -0.2) is 4.98 Å². The molecule has 2 N–H and O–H groups in total. The van der Waals surface area contributed by atoms with Crippen LogP contribution in [0.4, 0.5) is 5.82 Å². The fourth-order valence-corrected chi connectivity index (χ4v) is 1.66. The summed E-state index contributed by atoms with van der Waals surface area (Å²) < 4.78 is 0. The lowest BCUT2D eigenvalue weighted by Gasteiger charge is -2.22. The van der Waals surface area contributed by atoms with Gasteiger partial charge in [-0.1, -0.05) is 26.8 Å². The molecule has 3 nitrogen and oxygen atoms in total. The normalized spacial score (nSPS) is 13.6. The number of hydrogen-bond acceptors (Lipinski definition) is 3. The average Bonchev–Trinajstić information content (AvgIpc) is 2.14. The van der Waals surface area contributed by atoms with Gasteiger partial charge in [0.2, 0.25) is 0 Å². The minimum absolute atomic E-state index is 0.153. The Morgan fingerprint density at radius 3 is 2.69 bits per heavy atom. The van der Waals surface area contributed by atoms with Crippen LogP contribution >= 0.6 is 0 Å². The first kappa shape index (κ1) is 13.0. The average molecular weight is 222 g/mol. The van der Waals surface area contributed by atoms with Crippen LogP contribution in [-0.4, -0.2) is 22.7 Å². The molecular weight excluding hydrogens is 200 g/mol. The standard InChI is InChI=1S/C13H22N2O/c1-10-6-5-7-14-12(10)15-9-11(16)8-13(2,3)4/h5-7,11,16H,8-9H2,1-4H3,(H,14,15). The van der Waals surface area contributed by atoms with Gasteiger partial charge in [0.15, 0.2) is 0 Å². The predicted octanol–water partition coefficient (Wildman–Crippen LogP) is 2.60. The smallest absolute Gasteiger partial charge is 0.128 e. The van der Waals surface area contributed by atoms with Crippen LogP contribution < -0.4 is 5.32 Å². The SMILES string of the molecule is Cc1cccnc1NCC(O)CC(C)(C)C. The van der Waals surface area contributed by atoms with Gasteiger partial charge >= 0.3 is 0 Å². The van der Waals surface area contributed by atoms with Crippen LogP contribution in [0.25, 0.3) is 0 Å². The van der Waals surface area contributed by atoms with Crippen LogP contribution in [0.3, 0.4) is 0 Å². The zero-order chi connectivity index (χ0) is 12.2. The molecule has 16 heavy (non-hydrogen) atoms. The van der Waals surface area contributed by atoms with Crippen LogP contribution in [0.15, 0.2) is 18.3 Å². The number of rotatable bonds is 4. The van der Waals surface area contributed by atoms with Gasteiger partial charge in [0.1, 0.15) is 5.82 Å². The number of aromatic nitrogens is 1. The van der Waals surface area contributed by atoms with Crippen LogP contribution in [0.2, 0.25) is 0 Å². The first-order valence-corrected chi connectivity index (χ1v) is 5.72. The third kappa shape index (κ3) is 4.62. The van der Waals surface area contributed by atoms with Gasteiger partial charge in [-0.05, 0) is 30.4 Å². The van der Waals surface area contributed by atoms with E-state index in [0.29, 0.717) is 6.54 Å². The summed E-state index contributed by atoms with van der Waals surface area (Å²) in [6, 6.07) is 3.91. The molecule has 0 saturated carbocycles. The minimum Gasteiger partial charge on any atom is -0.391 e. The molecule has 1 rings (SSSR count). The third-order valence-corrected chi connectivity index (χ3v) is 2.36. The highest BCUT2D eigenvalue weighted by Gasteiger charge is 2.16. The molecule has 1 unspecified atom stereocenters. The molecule has 0 aliphatic rings. The van der Waals surface area contributed by atoms with Crippen molar-refractivity contribution in [3.63, 3.8) is 0 Å². The molecule has 0 aliphatic carbocycles. The van der Waals surface area contributed by atoms with Gasteiger partial charge < -0.3 is 10.4 Å². The molecule has 0 fully saturated rings. The maximum atomic E-state index is 9.85. The van der Waals surface area contributed by atoms with Crippen LogP contribution in [0, 0.1) is 12.3 Å². The van der Waals surface area contributed by atoms with Gasteiger partial charge in [-0.15, -0.1) is 0 Å². The number of nitrogens with zero attached hydrogens (tertiary/aromatic N) is 1. The second-order valence-electron chi connectivity index (χ2n) is 5.47. The van der Waals surface area contributed by atoms with Crippen molar-refractivity contribution in [2.45, 2.75) is 40.2 Å². The number of nitrogens with one attached hydrogen (secondary N) is 1. The van der Waals surface area contributed by atoms with Gasteiger partial charge in [0, 0.05) is 12.7 Å². The van der Waals surface area contributed by atoms with Gasteiger partial charge in [-0.3, -0.25) is 0 Å². The molecule has 3 heteroatoms. The van der Waals surface area contributed by atoms with Gasteiger partial charge in [-0.2, -0.15) is 0 Å². The summed E-state index contributed by atoms with van der Waals surface area (Å²) in [7, 11) is 0. The maximum Gasteiger partial charge on any atom is 0.128 e. The van der Waals surface area contributed by atoms with Gasteiger partial charge in [0.05, 0.1) is 6.10 Å². The van der Waals surface area contributed by atoms with E-state index < -0.39 is 0 Å². The maximum absolute atomic E-state index is 9.85. The summed E-state index contributed by atoms with van der Waals surface area (Å²) in [4.78, 5) is 4.22. The van der Waals surface area contributed by atoms with E-state index in [4.69, 9.17) is 0 Å². The monoisotopic (exact) mass is 222 g/mol. The fourth-order valence-electron chi connectivity index (χ4n) is 1.66. The molecule has 0 spiro atoms. The Kier molecular flexibility index (Phi) is 4.30. The Balaban J connectivity index is 2.43. The molecule has 1 aromatic rings. The lowest BCUT2D eigenvalue weighted by Crippen LogP contribution is -2.25. The van der Waals surface area contributed by atoms with Crippen molar-refractivity contribution in [3.05, 3.63) is 23.9 Å². The number of anilines is 1. The second kappa shape index (κ2) is 5.30. The van der Waals surface area contributed by atoms with Gasteiger partial charge in [0.25, 0.3) is 0 Å². The highest BCUT2D eigenvalue weighted by atomic mass is 16.3. The second-order valence-corrected chi connectivity index (χ2v) is 5.47. The number of aliphatic hydroxyl groups is 1. The summed E-state index contributed by atoms with van der Waals surface area (Å²) in [6.07, 6.45) is 2.21. The molecule has 0 radical (unpaired) electrons. The van der Waals surface area contributed by atoms with E-state index in [1.54, 1.807) is 6.20 Å². The summed E-state index contributed by atoms with van der Waals surface area (Å²) in [6.45, 7) is 8.94. The summed E-state index contributed by atoms with van der Waals surface area (Å²) in [5, 5.41) is 13.0. The van der Waals surface area contributed by atoms with E-state index >= 15 is 0 Å². The molecular formula is C13H22N2O. The Hall–Kier alpha value is -1.09. The van der Waals surface area contributed by atoms with Crippen LogP contribution in [0.5, 0.6) is 0 Å². The summed E-state index contributed by atoms with van der Waals surface area (Å²) >= 11 is 0. The third-order valence-electron chi connectivity index (χ3n) is 2.36. The van der Waals surface area contributed by atoms with E-state index in [-0.39, 0.29) is 11.5 Å². The zero-order valence-electron chi connectivity index (χ0n) is 10.6. The van der Waals surface area contributed by atoms with Crippen molar-refractivity contribution >= 4 is 5.82 Å². The molecule has 1 aromatic heterocycles. The largest absolute Gasteiger partial charge is 0.391 e. The molecule has 0 bridgehead atoms. The fraction of sp³-hybridized carbons (Fsp3) is 0.615. The van der Waals surface area contributed by atoms with Crippen molar-refractivity contribution in [2.24, 2.45) is 5.41 Å². The molecule has 0 amide bonds. The van der Waals surface area contributed by atoms with Crippen LogP contribution in [-0.2, 0) is 0 Å². The number of pyridine rings is 1. The Morgan fingerprint density at radius 2 is 2.12 bits per heavy atom. The Bertz CT molecular complexity index is 331. The molecule has 0 saturated heterocycles. The molecule has 0 aromatic carbocycles. The lowest BCUT2D eigenvalue weighted by atomic mass is 9.89. The number of aliphatic hydroxyl groups excluding tert-OH is 1. The molecule has 90 valence electrons. The summed E-state index contributed by atoms with van der Waals surface area (Å²) in [5.74, 6) is 0.857. The van der Waals surface area contributed by atoms with E-state index in [2.05, 4.69) is 31.1 Å². The molecule has 1 atom stereocenters. The quantitative estimate of drug-likeness (QED) is 0.823. The first-order valence-electron chi connectivity index (χ1n) is 5.72. The highest BCUT2D eigenvalue weighted by Crippen LogP contribution is 2.21. The van der Waals surface area contributed by atoms with Crippen molar-refractivity contribution in [2.75, 3.05) is 11.9 Å². The minimum atomic E-state index is -0.332. The molecule has 1 heterocycles. The van der Waals surface area contributed by atoms with E-state index in [1.807, 2.05) is 19.1 Å². The first-order chi connectivity index (χ1) is 7.38. The highest BCUT2D eigenvalue weighted by molar-refractivity contribution is 5.42. The van der Waals surface area contributed by atoms with E-state index in [1.165, 1.54) is 0 Å².